The van der Waals surface area contributed by atoms with Crippen LogP contribution in [0.3, 0.4) is 0 Å². The van der Waals surface area contributed by atoms with Gasteiger partial charge in [0.25, 0.3) is 0 Å². The Morgan fingerprint density at radius 1 is 1.00 bits per heavy atom. The second-order valence-electron chi connectivity index (χ2n) is 6.23. The van der Waals surface area contributed by atoms with Gasteiger partial charge in [-0.15, -0.1) is 0 Å². The second-order valence-corrected chi connectivity index (χ2v) is 8.32. The number of sulfone groups is 1. The van der Waals surface area contributed by atoms with Gasteiger partial charge in [0, 0.05) is 11.8 Å². The zero-order chi connectivity index (χ0) is 21.2. The normalized spacial score (nSPS) is 12.0. The van der Waals surface area contributed by atoms with Crippen molar-refractivity contribution in [1.82, 2.24) is 9.78 Å². The first-order valence-electron chi connectivity index (χ1n) is 8.29. The molecule has 2 aromatic carbocycles. The van der Waals surface area contributed by atoms with Crippen molar-refractivity contribution in [3.63, 3.8) is 0 Å². The molecule has 0 saturated heterocycles. The molecule has 0 saturated carbocycles. The number of methoxy groups -OCH3 is 1. The van der Waals surface area contributed by atoms with Crippen LogP contribution in [0.15, 0.2) is 54.6 Å². The van der Waals surface area contributed by atoms with Crippen LogP contribution in [0.25, 0.3) is 16.9 Å². The fraction of sp³-hybridized carbons (Fsp3) is 0.211. The lowest BCUT2D eigenvalue weighted by molar-refractivity contribution is -0.141. The van der Waals surface area contributed by atoms with Gasteiger partial charge in [0.05, 0.1) is 18.5 Å². The zero-order valence-electron chi connectivity index (χ0n) is 15.5. The summed E-state index contributed by atoms with van der Waals surface area (Å²) in [4.78, 5) is 0. The van der Waals surface area contributed by atoms with Gasteiger partial charge in [-0.25, -0.2) is 13.1 Å². The molecule has 3 aromatic rings. The lowest BCUT2D eigenvalue weighted by Gasteiger charge is -2.10. The summed E-state index contributed by atoms with van der Waals surface area (Å²) in [7, 11) is -1.83. The fourth-order valence-corrected chi connectivity index (χ4v) is 2.89. The van der Waals surface area contributed by atoms with Crippen LogP contribution in [0, 0.1) is 0 Å². The summed E-state index contributed by atoms with van der Waals surface area (Å²) >= 11 is 0. The summed E-state index contributed by atoms with van der Waals surface area (Å²) in [6, 6.07) is 13.4. The highest BCUT2D eigenvalue weighted by atomic mass is 32.2. The lowest BCUT2D eigenvalue weighted by atomic mass is 10.1. The summed E-state index contributed by atoms with van der Waals surface area (Å²) in [5, 5.41) is 3.71. The van der Waals surface area contributed by atoms with Crippen molar-refractivity contribution in [2.75, 3.05) is 19.3 Å². The van der Waals surface area contributed by atoms with E-state index in [4.69, 9.17) is 9.47 Å². The summed E-state index contributed by atoms with van der Waals surface area (Å²) in [6.45, 7) is 0. The molecule has 0 atom stereocenters. The highest BCUT2D eigenvalue weighted by molar-refractivity contribution is 7.90. The Morgan fingerprint density at radius 2 is 1.59 bits per heavy atom. The van der Waals surface area contributed by atoms with E-state index in [0.29, 0.717) is 17.0 Å². The second kappa shape index (κ2) is 7.78. The Kier molecular flexibility index (Phi) is 5.56. The maximum Gasteiger partial charge on any atom is 0.435 e. The van der Waals surface area contributed by atoms with Gasteiger partial charge in [0.2, 0.25) is 0 Å². The van der Waals surface area contributed by atoms with E-state index in [1.54, 1.807) is 24.3 Å². The van der Waals surface area contributed by atoms with Crippen molar-refractivity contribution in [2.45, 2.75) is 6.18 Å². The molecule has 154 valence electrons. The number of rotatable bonds is 6. The average molecular weight is 426 g/mol. The molecule has 0 spiro atoms. The van der Waals surface area contributed by atoms with Gasteiger partial charge in [-0.3, -0.25) is 0 Å². The molecule has 3 rings (SSSR count). The summed E-state index contributed by atoms with van der Waals surface area (Å²) in [6.07, 6.45) is -3.57. The van der Waals surface area contributed by atoms with Crippen LogP contribution in [-0.2, 0) is 16.0 Å². The number of ether oxygens (including phenoxy) is 2. The number of aromatic nitrogens is 2. The third-order valence-corrected chi connectivity index (χ3v) is 4.45. The van der Waals surface area contributed by atoms with Crippen molar-refractivity contribution >= 4 is 9.84 Å². The van der Waals surface area contributed by atoms with Crippen molar-refractivity contribution in [1.29, 1.82) is 0 Å². The van der Waals surface area contributed by atoms with Crippen LogP contribution < -0.4 is 9.47 Å². The average Bonchev–Trinajstić information content (AvgIpc) is 3.12. The zero-order valence-corrected chi connectivity index (χ0v) is 16.3. The number of hydrogen-bond donors (Lipinski definition) is 0. The summed E-state index contributed by atoms with van der Waals surface area (Å²) in [5.41, 5.74) is 0.0714. The van der Waals surface area contributed by atoms with E-state index < -0.39 is 27.6 Å². The van der Waals surface area contributed by atoms with Gasteiger partial charge >= 0.3 is 6.18 Å². The Hall–Kier alpha value is -3.01. The summed E-state index contributed by atoms with van der Waals surface area (Å²) in [5.74, 6) is 0.352. The quantitative estimate of drug-likeness (QED) is 0.597. The molecule has 1 aromatic heterocycles. The molecule has 0 aliphatic heterocycles. The fourth-order valence-electron chi connectivity index (χ4n) is 2.54. The number of alkyl halides is 3. The molecular formula is C19H17F3N2O4S. The van der Waals surface area contributed by atoms with E-state index in [2.05, 4.69) is 5.10 Å². The van der Waals surface area contributed by atoms with Crippen LogP contribution in [0.2, 0.25) is 0 Å². The Bertz CT molecular complexity index is 1090. The third kappa shape index (κ3) is 5.08. The first-order chi connectivity index (χ1) is 13.6. The van der Waals surface area contributed by atoms with Crippen LogP contribution in [-0.4, -0.2) is 37.5 Å². The van der Waals surface area contributed by atoms with Crippen molar-refractivity contribution in [2.24, 2.45) is 0 Å². The monoisotopic (exact) mass is 426 g/mol. The van der Waals surface area contributed by atoms with Crippen LogP contribution in [0.1, 0.15) is 5.69 Å². The molecule has 0 radical (unpaired) electrons. The first kappa shape index (κ1) is 20.7. The van der Waals surface area contributed by atoms with Gasteiger partial charge in [0.1, 0.15) is 11.5 Å². The minimum atomic E-state index is -4.61. The number of halogens is 3. The van der Waals surface area contributed by atoms with Crippen molar-refractivity contribution in [3.8, 4) is 28.4 Å². The van der Waals surface area contributed by atoms with Crippen molar-refractivity contribution < 1.29 is 31.1 Å². The van der Waals surface area contributed by atoms with Gasteiger partial charge in [0.15, 0.2) is 21.5 Å². The molecular weight excluding hydrogens is 409 g/mol. The topological polar surface area (TPSA) is 70.4 Å². The maximum atomic E-state index is 13.2. The molecule has 0 N–H and O–H groups in total. The molecule has 0 unspecified atom stereocenters. The highest BCUT2D eigenvalue weighted by Gasteiger charge is 2.35. The Labute approximate surface area is 165 Å². The Balaban J connectivity index is 2.00. The van der Waals surface area contributed by atoms with Crippen LogP contribution >= 0.6 is 0 Å². The lowest BCUT2D eigenvalue weighted by Crippen LogP contribution is -2.09. The molecule has 0 aliphatic carbocycles. The smallest absolute Gasteiger partial charge is 0.435 e. The molecule has 0 amide bonds. The predicted molar refractivity (Wildman–Crippen MR) is 101 cm³/mol. The van der Waals surface area contributed by atoms with Crippen molar-refractivity contribution in [3.05, 3.63) is 60.3 Å². The SMILES string of the molecule is COc1ccc(-n2nc(C(F)(F)F)cc2-c2ccc(OCS(C)(=O)=O)cc2)cc1. The number of benzene rings is 2. The molecule has 0 aliphatic rings. The summed E-state index contributed by atoms with van der Waals surface area (Å²) < 4.78 is 73.5. The van der Waals surface area contributed by atoms with Gasteiger partial charge in [-0.05, 0) is 54.6 Å². The van der Waals surface area contributed by atoms with Gasteiger partial charge in [-0.1, -0.05) is 0 Å². The minimum absolute atomic E-state index is 0.220. The van der Waals surface area contributed by atoms with E-state index >= 15 is 0 Å². The molecule has 0 bridgehead atoms. The first-order valence-corrected chi connectivity index (χ1v) is 10.4. The Morgan fingerprint density at radius 3 is 2.10 bits per heavy atom. The van der Waals surface area contributed by atoms with Crippen LogP contribution in [0.5, 0.6) is 11.5 Å². The number of hydrogen-bond acceptors (Lipinski definition) is 5. The van der Waals surface area contributed by atoms with E-state index in [1.165, 1.54) is 36.1 Å². The van der Waals surface area contributed by atoms with Gasteiger partial charge in [-0.2, -0.15) is 18.3 Å². The van der Waals surface area contributed by atoms with E-state index in [0.717, 1.165) is 12.3 Å². The standard InChI is InChI=1S/C19H17F3N2O4S/c1-27-15-9-5-14(6-10-15)24-17(11-18(23-24)19(20,21)22)13-3-7-16(8-4-13)28-12-29(2,25)26/h3-11H,12H2,1-2H3. The van der Waals surface area contributed by atoms with E-state index in [-0.39, 0.29) is 11.4 Å². The minimum Gasteiger partial charge on any atom is -0.497 e. The molecule has 1 heterocycles. The van der Waals surface area contributed by atoms with Crippen LogP contribution in [0.4, 0.5) is 13.2 Å². The molecule has 6 nitrogen and oxygen atoms in total. The highest BCUT2D eigenvalue weighted by Crippen LogP contribution is 2.34. The third-order valence-electron chi connectivity index (χ3n) is 3.91. The maximum absolute atomic E-state index is 13.2. The van der Waals surface area contributed by atoms with E-state index in [1.807, 2.05) is 0 Å². The molecule has 0 fully saturated rings. The molecule has 10 heteroatoms. The van der Waals surface area contributed by atoms with E-state index in [9.17, 15) is 21.6 Å². The predicted octanol–water partition coefficient (Wildman–Crippen LogP) is 3.95. The van der Waals surface area contributed by atoms with Gasteiger partial charge < -0.3 is 9.47 Å². The largest absolute Gasteiger partial charge is 0.497 e. The molecule has 29 heavy (non-hydrogen) atoms. The number of nitrogens with zero attached hydrogens (tertiary/aromatic N) is 2.